The first-order chi connectivity index (χ1) is 8.94. The van der Waals surface area contributed by atoms with E-state index in [0.717, 1.165) is 23.4 Å². The summed E-state index contributed by atoms with van der Waals surface area (Å²) in [4.78, 5) is 0. The zero-order valence-corrected chi connectivity index (χ0v) is 11.8. The van der Waals surface area contributed by atoms with E-state index in [0.29, 0.717) is 6.61 Å². The first-order valence-corrected chi connectivity index (χ1v) is 6.46. The van der Waals surface area contributed by atoms with Gasteiger partial charge in [0.2, 0.25) is 0 Å². The van der Waals surface area contributed by atoms with Crippen molar-refractivity contribution in [3.63, 3.8) is 0 Å². The fraction of sp³-hybridized carbons (Fsp3) is 0.400. The third-order valence-electron chi connectivity index (χ3n) is 2.71. The zero-order valence-electron chi connectivity index (χ0n) is 11.8. The number of nitrogens with two attached hydrogens (primary N) is 1. The largest absolute Gasteiger partial charge is 0.399 e. The minimum atomic E-state index is -0.107. The van der Waals surface area contributed by atoms with Crippen molar-refractivity contribution < 1.29 is 4.74 Å². The molecule has 0 aliphatic carbocycles. The molecule has 0 saturated carbocycles. The number of nitrogen functional groups attached to an aromatic ring is 1. The monoisotopic (exact) mass is 259 g/mol. The molecule has 2 N–H and O–H groups in total. The molecule has 0 amide bonds. The Labute approximate surface area is 114 Å². The minimum Gasteiger partial charge on any atom is -0.399 e. The van der Waals surface area contributed by atoms with Gasteiger partial charge in [-0.1, -0.05) is 12.1 Å². The summed E-state index contributed by atoms with van der Waals surface area (Å²) in [5.74, 6) is 0. The molecule has 0 unspecified atom stereocenters. The smallest absolute Gasteiger partial charge is 0.0669 e. The van der Waals surface area contributed by atoms with Gasteiger partial charge in [-0.15, -0.1) is 0 Å². The van der Waals surface area contributed by atoms with Crippen molar-refractivity contribution in [3.8, 4) is 11.1 Å². The molecule has 4 nitrogen and oxygen atoms in total. The van der Waals surface area contributed by atoms with Crippen LogP contribution in [0.15, 0.2) is 36.7 Å². The molecule has 2 aromatic rings. The van der Waals surface area contributed by atoms with Gasteiger partial charge in [-0.3, -0.25) is 4.68 Å². The Kier molecular flexibility index (Phi) is 3.90. The molecule has 19 heavy (non-hydrogen) atoms. The van der Waals surface area contributed by atoms with Crippen molar-refractivity contribution in [1.29, 1.82) is 0 Å². The number of hydrogen-bond acceptors (Lipinski definition) is 3. The second-order valence-electron chi connectivity index (χ2n) is 5.58. The first kappa shape index (κ1) is 13.6. The summed E-state index contributed by atoms with van der Waals surface area (Å²) in [5.41, 5.74) is 8.60. The number of anilines is 1. The van der Waals surface area contributed by atoms with Crippen LogP contribution in [0.2, 0.25) is 0 Å². The molecule has 0 atom stereocenters. The van der Waals surface area contributed by atoms with Crippen molar-refractivity contribution in [2.24, 2.45) is 0 Å². The number of nitrogens with zero attached hydrogens (tertiary/aromatic N) is 2. The molecule has 1 aromatic heterocycles. The Bertz CT molecular complexity index is 540. The molecule has 0 fully saturated rings. The number of hydrogen-bond donors (Lipinski definition) is 1. The van der Waals surface area contributed by atoms with Crippen molar-refractivity contribution >= 4 is 5.69 Å². The summed E-state index contributed by atoms with van der Waals surface area (Å²) in [7, 11) is 0. The second-order valence-corrected chi connectivity index (χ2v) is 5.58. The fourth-order valence-electron chi connectivity index (χ4n) is 1.80. The van der Waals surface area contributed by atoms with E-state index in [1.807, 2.05) is 62.1 Å². The van der Waals surface area contributed by atoms with Crippen molar-refractivity contribution in [3.05, 3.63) is 36.7 Å². The molecule has 1 aromatic carbocycles. The first-order valence-electron chi connectivity index (χ1n) is 6.46. The number of rotatable bonds is 4. The van der Waals surface area contributed by atoms with E-state index in [2.05, 4.69) is 5.10 Å². The quantitative estimate of drug-likeness (QED) is 0.859. The Morgan fingerprint density at radius 1 is 1.26 bits per heavy atom. The summed E-state index contributed by atoms with van der Waals surface area (Å²) in [6.07, 6.45) is 3.87. The Balaban J connectivity index is 1.99. The highest BCUT2D eigenvalue weighted by Crippen LogP contribution is 2.20. The lowest BCUT2D eigenvalue weighted by Gasteiger charge is -2.19. The average Bonchev–Trinajstić information content (AvgIpc) is 2.76. The van der Waals surface area contributed by atoms with Gasteiger partial charge in [-0.05, 0) is 38.5 Å². The topological polar surface area (TPSA) is 53.1 Å². The van der Waals surface area contributed by atoms with E-state index in [1.165, 1.54) is 0 Å². The normalized spacial score (nSPS) is 11.7. The molecular formula is C15H21N3O. The lowest BCUT2D eigenvalue weighted by molar-refractivity contribution is -0.00788. The molecular weight excluding hydrogens is 238 g/mol. The number of ether oxygens (including phenoxy) is 1. The summed E-state index contributed by atoms with van der Waals surface area (Å²) in [5, 5.41) is 4.34. The lowest BCUT2D eigenvalue weighted by Crippen LogP contribution is -2.21. The summed E-state index contributed by atoms with van der Waals surface area (Å²) < 4.78 is 7.58. The Morgan fingerprint density at radius 3 is 2.74 bits per heavy atom. The van der Waals surface area contributed by atoms with Gasteiger partial charge in [-0.2, -0.15) is 5.10 Å². The molecule has 0 aliphatic rings. The highest BCUT2D eigenvalue weighted by molar-refractivity contribution is 5.65. The van der Waals surface area contributed by atoms with Gasteiger partial charge in [0.05, 0.1) is 24.9 Å². The lowest BCUT2D eigenvalue weighted by atomic mass is 10.1. The van der Waals surface area contributed by atoms with E-state index in [-0.39, 0.29) is 5.60 Å². The molecule has 1 heterocycles. The predicted octanol–water partition coefficient (Wildman–Crippen LogP) is 2.95. The van der Waals surface area contributed by atoms with Crippen LogP contribution in [0.3, 0.4) is 0 Å². The molecule has 0 bridgehead atoms. The van der Waals surface area contributed by atoms with E-state index in [4.69, 9.17) is 10.5 Å². The van der Waals surface area contributed by atoms with Gasteiger partial charge in [-0.25, -0.2) is 0 Å². The third-order valence-corrected chi connectivity index (χ3v) is 2.71. The van der Waals surface area contributed by atoms with Crippen LogP contribution in [0.5, 0.6) is 0 Å². The van der Waals surface area contributed by atoms with Crippen LogP contribution in [-0.4, -0.2) is 22.0 Å². The molecule has 4 heteroatoms. The maximum atomic E-state index is 5.78. The summed E-state index contributed by atoms with van der Waals surface area (Å²) in [6, 6.07) is 7.81. The predicted molar refractivity (Wildman–Crippen MR) is 77.8 cm³/mol. The van der Waals surface area contributed by atoms with E-state index < -0.39 is 0 Å². The highest BCUT2D eigenvalue weighted by atomic mass is 16.5. The molecule has 102 valence electrons. The van der Waals surface area contributed by atoms with Crippen LogP contribution in [0, 0.1) is 0 Å². The molecule has 2 rings (SSSR count). The Hall–Kier alpha value is -1.81. The van der Waals surface area contributed by atoms with Gasteiger partial charge < -0.3 is 10.5 Å². The van der Waals surface area contributed by atoms with Crippen LogP contribution in [-0.2, 0) is 11.3 Å². The van der Waals surface area contributed by atoms with Gasteiger partial charge in [0.15, 0.2) is 0 Å². The standard InChI is InChI=1S/C15H21N3O/c1-15(2,3)19-8-7-18-11-13(10-17-18)12-5-4-6-14(16)9-12/h4-6,9-11H,7-8,16H2,1-3H3. The van der Waals surface area contributed by atoms with E-state index in [9.17, 15) is 0 Å². The van der Waals surface area contributed by atoms with Crippen molar-refractivity contribution in [2.45, 2.75) is 32.9 Å². The Morgan fingerprint density at radius 2 is 2.05 bits per heavy atom. The number of aromatic nitrogens is 2. The molecule has 0 saturated heterocycles. The number of benzene rings is 1. The average molecular weight is 259 g/mol. The van der Waals surface area contributed by atoms with Crippen molar-refractivity contribution in [2.75, 3.05) is 12.3 Å². The highest BCUT2D eigenvalue weighted by Gasteiger charge is 2.09. The molecule has 0 spiro atoms. The maximum Gasteiger partial charge on any atom is 0.0669 e. The maximum absolute atomic E-state index is 5.78. The van der Waals surface area contributed by atoms with Crippen LogP contribution in [0.4, 0.5) is 5.69 Å². The zero-order chi connectivity index (χ0) is 13.9. The van der Waals surface area contributed by atoms with Gasteiger partial charge in [0.1, 0.15) is 0 Å². The van der Waals surface area contributed by atoms with Crippen LogP contribution in [0.25, 0.3) is 11.1 Å². The molecule has 0 aliphatic heterocycles. The minimum absolute atomic E-state index is 0.107. The van der Waals surface area contributed by atoms with E-state index >= 15 is 0 Å². The third kappa shape index (κ3) is 4.10. The van der Waals surface area contributed by atoms with Gasteiger partial charge in [0.25, 0.3) is 0 Å². The van der Waals surface area contributed by atoms with Crippen molar-refractivity contribution in [1.82, 2.24) is 9.78 Å². The van der Waals surface area contributed by atoms with Crippen LogP contribution >= 0.6 is 0 Å². The van der Waals surface area contributed by atoms with Gasteiger partial charge in [0, 0.05) is 17.4 Å². The van der Waals surface area contributed by atoms with Gasteiger partial charge >= 0.3 is 0 Å². The second kappa shape index (κ2) is 5.45. The molecule has 0 radical (unpaired) electrons. The van der Waals surface area contributed by atoms with Crippen LogP contribution in [0.1, 0.15) is 20.8 Å². The fourth-order valence-corrected chi connectivity index (χ4v) is 1.80. The van der Waals surface area contributed by atoms with Crippen LogP contribution < -0.4 is 5.73 Å². The SMILES string of the molecule is CC(C)(C)OCCn1cc(-c2cccc(N)c2)cn1. The summed E-state index contributed by atoms with van der Waals surface area (Å²) >= 11 is 0. The summed E-state index contributed by atoms with van der Waals surface area (Å²) in [6.45, 7) is 7.55. The van der Waals surface area contributed by atoms with E-state index in [1.54, 1.807) is 0 Å².